The minimum absolute atomic E-state index is 0.0283. The van der Waals surface area contributed by atoms with Crippen LogP contribution in [0.5, 0.6) is 0 Å². The van der Waals surface area contributed by atoms with E-state index in [0.717, 1.165) is 25.7 Å². The van der Waals surface area contributed by atoms with Crippen LogP contribution in [0.25, 0.3) is 0 Å². The molecular formula is C12H21F3O2. The highest BCUT2D eigenvalue weighted by atomic mass is 19.4. The van der Waals surface area contributed by atoms with Crippen LogP contribution < -0.4 is 0 Å². The summed E-state index contributed by atoms with van der Waals surface area (Å²) in [5, 5.41) is 10.0. The molecule has 1 atom stereocenters. The highest BCUT2D eigenvalue weighted by Crippen LogP contribution is 2.38. The van der Waals surface area contributed by atoms with E-state index in [2.05, 4.69) is 0 Å². The zero-order chi connectivity index (χ0) is 12.9. The lowest BCUT2D eigenvalue weighted by atomic mass is 9.90. The molecule has 0 heterocycles. The Kier molecular flexibility index (Phi) is 5.25. The number of aliphatic hydroxyl groups is 1. The van der Waals surface area contributed by atoms with Gasteiger partial charge in [-0.1, -0.05) is 12.8 Å². The van der Waals surface area contributed by atoms with Gasteiger partial charge in [-0.2, -0.15) is 13.2 Å². The first-order chi connectivity index (χ1) is 7.90. The molecule has 0 aromatic heterocycles. The van der Waals surface area contributed by atoms with Crippen molar-refractivity contribution in [3.63, 3.8) is 0 Å². The first-order valence-corrected chi connectivity index (χ1v) is 6.28. The number of ether oxygens (including phenoxy) is 1. The van der Waals surface area contributed by atoms with E-state index in [1.807, 2.05) is 6.92 Å². The number of rotatable bonds is 6. The predicted molar refractivity (Wildman–Crippen MR) is 58.7 cm³/mol. The Labute approximate surface area is 100 Å². The molecule has 0 radical (unpaired) electrons. The van der Waals surface area contributed by atoms with Crippen molar-refractivity contribution >= 4 is 0 Å². The van der Waals surface area contributed by atoms with Crippen LogP contribution in [-0.4, -0.2) is 29.6 Å². The second-order valence-electron chi connectivity index (χ2n) is 4.73. The summed E-state index contributed by atoms with van der Waals surface area (Å²) in [5.41, 5.74) is -0.583. The summed E-state index contributed by atoms with van der Waals surface area (Å²) in [6.07, 6.45) is -2.11. The Balaban J connectivity index is 2.41. The molecule has 1 unspecified atom stereocenters. The summed E-state index contributed by atoms with van der Waals surface area (Å²) in [5.74, 6) is 0. The van der Waals surface area contributed by atoms with Crippen LogP contribution in [0.2, 0.25) is 0 Å². The van der Waals surface area contributed by atoms with Gasteiger partial charge in [-0.25, -0.2) is 0 Å². The van der Waals surface area contributed by atoms with Gasteiger partial charge in [-0.05, 0) is 32.6 Å². The molecule has 1 aliphatic carbocycles. The highest BCUT2D eigenvalue weighted by molar-refractivity contribution is 4.92. The van der Waals surface area contributed by atoms with Crippen molar-refractivity contribution in [3.05, 3.63) is 0 Å². The summed E-state index contributed by atoms with van der Waals surface area (Å²) < 4.78 is 41.6. The van der Waals surface area contributed by atoms with Gasteiger partial charge in [0.1, 0.15) is 0 Å². The van der Waals surface area contributed by atoms with Crippen molar-refractivity contribution in [1.29, 1.82) is 0 Å². The maximum atomic E-state index is 12.0. The molecule has 1 fully saturated rings. The van der Waals surface area contributed by atoms with Crippen LogP contribution in [0.4, 0.5) is 13.2 Å². The van der Waals surface area contributed by atoms with E-state index in [1.165, 1.54) is 0 Å². The molecule has 0 bridgehead atoms. The molecule has 1 aliphatic rings. The molecule has 2 nitrogen and oxygen atoms in total. The zero-order valence-electron chi connectivity index (χ0n) is 10.2. The van der Waals surface area contributed by atoms with E-state index in [1.54, 1.807) is 0 Å². The van der Waals surface area contributed by atoms with Gasteiger partial charge in [0.15, 0.2) is 0 Å². The lowest BCUT2D eigenvalue weighted by Gasteiger charge is -2.34. The number of alkyl halides is 3. The van der Waals surface area contributed by atoms with E-state index < -0.39 is 24.3 Å². The minimum atomic E-state index is -4.13. The lowest BCUT2D eigenvalue weighted by Crippen LogP contribution is -2.42. The smallest absolute Gasteiger partial charge is 0.389 e. The van der Waals surface area contributed by atoms with Crippen molar-refractivity contribution in [2.45, 2.75) is 69.8 Å². The van der Waals surface area contributed by atoms with E-state index in [9.17, 15) is 18.3 Å². The van der Waals surface area contributed by atoms with Crippen molar-refractivity contribution in [1.82, 2.24) is 0 Å². The molecule has 1 rings (SSSR count). The van der Waals surface area contributed by atoms with Crippen LogP contribution in [0.15, 0.2) is 0 Å². The van der Waals surface area contributed by atoms with Crippen molar-refractivity contribution in [2.24, 2.45) is 0 Å². The standard InChI is InChI=1S/C12H21F3O2/c1-2-17-11(7-3-4-8-11)10(16)6-5-9-12(13,14)15/h10,16H,2-9H2,1H3. The molecule has 1 saturated carbocycles. The maximum Gasteiger partial charge on any atom is 0.389 e. The fraction of sp³-hybridized carbons (Fsp3) is 1.00. The minimum Gasteiger partial charge on any atom is -0.390 e. The van der Waals surface area contributed by atoms with Crippen LogP contribution in [-0.2, 0) is 4.74 Å². The van der Waals surface area contributed by atoms with E-state index in [-0.39, 0.29) is 12.8 Å². The third-order valence-corrected chi connectivity index (χ3v) is 3.43. The number of aliphatic hydroxyl groups excluding tert-OH is 1. The fourth-order valence-electron chi connectivity index (χ4n) is 2.59. The highest BCUT2D eigenvalue weighted by Gasteiger charge is 2.41. The summed E-state index contributed by atoms with van der Waals surface area (Å²) in [7, 11) is 0. The molecule has 0 aromatic rings. The average molecular weight is 254 g/mol. The van der Waals surface area contributed by atoms with Gasteiger partial charge in [0.05, 0.1) is 11.7 Å². The van der Waals surface area contributed by atoms with Gasteiger partial charge >= 0.3 is 6.18 Å². The SMILES string of the molecule is CCOC1(C(O)CCCC(F)(F)F)CCCC1. The monoisotopic (exact) mass is 254 g/mol. The number of hydrogen-bond donors (Lipinski definition) is 1. The third-order valence-electron chi connectivity index (χ3n) is 3.43. The van der Waals surface area contributed by atoms with Gasteiger partial charge in [-0.3, -0.25) is 0 Å². The van der Waals surface area contributed by atoms with E-state index in [4.69, 9.17) is 4.74 Å². The quantitative estimate of drug-likeness (QED) is 0.787. The zero-order valence-corrected chi connectivity index (χ0v) is 10.2. The molecular weight excluding hydrogens is 233 g/mol. The Morgan fingerprint density at radius 3 is 2.35 bits per heavy atom. The normalized spacial score (nSPS) is 21.7. The van der Waals surface area contributed by atoms with Gasteiger partial charge < -0.3 is 9.84 Å². The number of halogens is 3. The van der Waals surface area contributed by atoms with Crippen molar-refractivity contribution in [2.75, 3.05) is 6.61 Å². The molecule has 0 saturated heterocycles. The first-order valence-electron chi connectivity index (χ1n) is 6.28. The van der Waals surface area contributed by atoms with Gasteiger partial charge in [0.2, 0.25) is 0 Å². The maximum absolute atomic E-state index is 12.0. The fourth-order valence-corrected chi connectivity index (χ4v) is 2.59. The Morgan fingerprint density at radius 1 is 1.29 bits per heavy atom. The first kappa shape index (κ1) is 14.8. The molecule has 0 spiro atoms. The topological polar surface area (TPSA) is 29.5 Å². The van der Waals surface area contributed by atoms with Gasteiger partial charge in [0, 0.05) is 13.0 Å². The van der Waals surface area contributed by atoms with Gasteiger partial charge in [0.25, 0.3) is 0 Å². The third kappa shape index (κ3) is 4.47. The summed E-state index contributed by atoms with van der Waals surface area (Å²) in [4.78, 5) is 0. The molecule has 0 aliphatic heterocycles. The van der Waals surface area contributed by atoms with E-state index in [0.29, 0.717) is 6.61 Å². The van der Waals surface area contributed by atoms with Crippen LogP contribution >= 0.6 is 0 Å². The van der Waals surface area contributed by atoms with E-state index >= 15 is 0 Å². The van der Waals surface area contributed by atoms with Crippen molar-refractivity contribution in [3.8, 4) is 0 Å². The molecule has 0 aromatic carbocycles. The Morgan fingerprint density at radius 2 is 1.88 bits per heavy atom. The second-order valence-corrected chi connectivity index (χ2v) is 4.73. The van der Waals surface area contributed by atoms with Crippen LogP contribution in [0.1, 0.15) is 51.9 Å². The van der Waals surface area contributed by atoms with Crippen molar-refractivity contribution < 1.29 is 23.0 Å². The largest absolute Gasteiger partial charge is 0.390 e. The second kappa shape index (κ2) is 6.05. The summed E-state index contributed by atoms with van der Waals surface area (Å²) in [6, 6.07) is 0. The summed E-state index contributed by atoms with van der Waals surface area (Å²) in [6.45, 7) is 2.35. The predicted octanol–water partition coefficient (Wildman–Crippen LogP) is 3.43. The average Bonchev–Trinajstić information content (AvgIpc) is 2.66. The molecule has 0 amide bonds. The van der Waals surface area contributed by atoms with Crippen LogP contribution in [0, 0.1) is 0 Å². The van der Waals surface area contributed by atoms with Gasteiger partial charge in [-0.15, -0.1) is 0 Å². The molecule has 17 heavy (non-hydrogen) atoms. The Bertz CT molecular complexity index is 222. The van der Waals surface area contributed by atoms with Crippen LogP contribution in [0.3, 0.4) is 0 Å². The Hall–Kier alpha value is -0.290. The summed E-state index contributed by atoms with van der Waals surface area (Å²) >= 11 is 0. The molecule has 102 valence electrons. The molecule has 1 N–H and O–H groups in total. The molecule has 5 heteroatoms. The number of hydrogen-bond acceptors (Lipinski definition) is 2. The lowest BCUT2D eigenvalue weighted by molar-refractivity contribution is -0.144.